The Morgan fingerprint density at radius 1 is 1.33 bits per heavy atom. The monoisotopic (exact) mass is 248 g/mol. The van der Waals surface area contributed by atoms with Gasteiger partial charge in [-0.2, -0.15) is 0 Å². The van der Waals surface area contributed by atoms with Crippen molar-refractivity contribution < 1.29 is 4.79 Å². The maximum Gasteiger partial charge on any atom is 0.234 e. The molecule has 3 nitrogen and oxygen atoms in total. The Morgan fingerprint density at radius 2 is 2.00 bits per heavy atom. The SMILES string of the molecule is Cc1cccc([C@H](C)NC(=O)CNC(C)(C)C)c1. The summed E-state index contributed by atoms with van der Waals surface area (Å²) in [4.78, 5) is 11.8. The molecule has 0 fully saturated rings. The molecule has 1 aromatic rings. The van der Waals surface area contributed by atoms with Crippen LogP contribution in [0.2, 0.25) is 0 Å². The summed E-state index contributed by atoms with van der Waals surface area (Å²) in [6, 6.07) is 8.25. The third kappa shape index (κ3) is 5.32. The van der Waals surface area contributed by atoms with Crippen molar-refractivity contribution in [3.05, 3.63) is 35.4 Å². The first-order valence-electron chi connectivity index (χ1n) is 6.39. The number of rotatable bonds is 4. The fourth-order valence-electron chi connectivity index (χ4n) is 1.66. The van der Waals surface area contributed by atoms with Crippen LogP contribution in [0, 0.1) is 6.92 Å². The molecule has 0 aliphatic carbocycles. The standard InChI is InChI=1S/C15H24N2O/c1-11-7-6-8-13(9-11)12(2)17-14(18)10-16-15(3,4)5/h6-9,12,16H,10H2,1-5H3,(H,17,18)/t12-/m0/s1. The minimum Gasteiger partial charge on any atom is -0.348 e. The molecule has 0 bridgehead atoms. The molecule has 1 rings (SSSR count). The summed E-state index contributed by atoms with van der Waals surface area (Å²) >= 11 is 0. The number of nitrogens with one attached hydrogen (secondary N) is 2. The molecule has 0 unspecified atom stereocenters. The normalized spacial score (nSPS) is 13.2. The summed E-state index contributed by atoms with van der Waals surface area (Å²) < 4.78 is 0. The lowest BCUT2D eigenvalue weighted by molar-refractivity contribution is -0.121. The number of hydrogen-bond acceptors (Lipinski definition) is 2. The van der Waals surface area contributed by atoms with Gasteiger partial charge >= 0.3 is 0 Å². The van der Waals surface area contributed by atoms with Crippen molar-refractivity contribution in [1.29, 1.82) is 0 Å². The van der Waals surface area contributed by atoms with Gasteiger partial charge in [0.15, 0.2) is 0 Å². The van der Waals surface area contributed by atoms with Gasteiger partial charge in [0.2, 0.25) is 5.91 Å². The van der Waals surface area contributed by atoms with Crippen LogP contribution in [-0.4, -0.2) is 18.0 Å². The van der Waals surface area contributed by atoms with Crippen LogP contribution in [0.15, 0.2) is 24.3 Å². The van der Waals surface area contributed by atoms with Crippen LogP contribution in [0.4, 0.5) is 0 Å². The van der Waals surface area contributed by atoms with Crippen LogP contribution in [-0.2, 0) is 4.79 Å². The van der Waals surface area contributed by atoms with Gasteiger partial charge in [0.1, 0.15) is 0 Å². The highest BCUT2D eigenvalue weighted by atomic mass is 16.1. The summed E-state index contributed by atoms with van der Waals surface area (Å²) in [5, 5.41) is 6.17. The van der Waals surface area contributed by atoms with Crippen molar-refractivity contribution in [3.8, 4) is 0 Å². The van der Waals surface area contributed by atoms with Crippen LogP contribution < -0.4 is 10.6 Å². The van der Waals surface area contributed by atoms with Crippen molar-refractivity contribution in [2.45, 2.75) is 46.2 Å². The lowest BCUT2D eigenvalue weighted by Gasteiger charge is -2.21. The van der Waals surface area contributed by atoms with Crippen LogP contribution in [0.3, 0.4) is 0 Å². The van der Waals surface area contributed by atoms with Gasteiger partial charge in [-0.05, 0) is 40.2 Å². The zero-order valence-electron chi connectivity index (χ0n) is 12.0. The van der Waals surface area contributed by atoms with E-state index in [2.05, 4.69) is 29.7 Å². The summed E-state index contributed by atoms with van der Waals surface area (Å²) in [7, 11) is 0. The zero-order valence-corrected chi connectivity index (χ0v) is 12.0. The van der Waals surface area contributed by atoms with Crippen LogP contribution >= 0.6 is 0 Å². The second-order valence-corrected chi connectivity index (χ2v) is 5.81. The van der Waals surface area contributed by atoms with E-state index in [0.29, 0.717) is 6.54 Å². The highest BCUT2D eigenvalue weighted by molar-refractivity contribution is 5.78. The average Bonchev–Trinajstić information content (AvgIpc) is 2.25. The molecular formula is C15H24N2O. The zero-order chi connectivity index (χ0) is 13.8. The van der Waals surface area contributed by atoms with Gasteiger partial charge in [-0.15, -0.1) is 0 Å². The predicted octanol–water partition coefficient (Wildman–Crippen LogP) is 2.56. The van der Waals surface area contributed by atoms with Gasteiger partial charge in [0.25, 0.3) is 0 Å². The Balaban J connectivity index is 2.50. The molecule has 0 spiro atoms. The molecule has 0 saturated carbocycles. The minimum absolute atomic E-state index is 0.0268. The number of carbonyl (C=O) groups excluding carboxylic acids is 1. The molecule has 1 aromatic carbocycles. The predicted molar refractivity (Wildman–Crippen MR) is 75.5 cm³/mol. The third-order valence-corrected chi connectivity index (χ3v) is 2.70. The molecule has 0 aromatic heterocycles. The Bertz CT molecular complexity index is 407. The Morgan fingerprint density at radius 3 is 2.56 bits per heavy atom. The van der Waals surface area contributed by atoms with E-state index in [1.165, 1.54) is 5.56 Å². The molecule has 0 aliphatic heterocycles. The van der Waals surface area contributed by atoms with E-state index in [-0.39, 0.29) is 17.5 Å². The maximum absolute atomic E-state index is 11.8. The molecule has 1 atom stereocenters. The van der Waals surface area contributed by atoms with Gasteiger partial charge in [0.05, 0.1) is 12.6 Å². The molecule has 3 heteroatoms. The quantitative estimate of drug-likeness (QED) is 0.860. The molecular weight excluding hydrogens is 224 g/mol. The summed E-state index contributed by atoms with van der Waals surface area (Å²) in [6.07, 6.45) is 0. The summed E-state index contributed by atoms with van der Waals surface area (Å²) in [5.41, 5.74) is 2.31. The first-order valence-corrected chi connectivity index (χ1v) is 6.39. The van der Waals surface area contributed by atoms with E-state index in [9.17, 15) is 4.79 Å². The molecule has 100 valence electrons. The number of aryl methyl sites for hydroxylation is 1. The second kappa shape index (κ2) is 6.01. The molecule has 0 aliphatic rings. The number of benzene rings is 1. The second-order valence-electron chi connectivity index (χ2n) is 5.81. The molecule has 0 saturated heterocycles. The largest absolute Gasteiger partial charge is 0.348 e. The Kier molecular flexibility index (Phi) is 4.91. The maximum atomic E-state index is 11.8. The van der Waals surface area contributed by atoms with E-state index >= 15 is 0 Å². The van der Waals surface area contributed by atoms with Crippen molar-refractivity contribution >= 4 is 5.91 Å². The van der Waals surface area contributed by atoms with Gasteiger partial charge in [-0.25, -0.2) is 0 Å². The van der Waals surface area contributed by atoms with Crippen LogP contribution in [0.25, 0.3) is 0 Å². The van der Waals surface area contributed by atoms with E-state index in [0.717, 1.165) is 5.56 Å². The lowest BCUT2D eigenvalue weighted by atomic mass is 10.1. The van der Waals surface area contributed by atoms with E-state index in [1.54, 1.807) is 0 Å². The smallest absolute Gasteiger partial charge is 0.234 e. The van der Waals surface area contributed by atoms with E-state index < -0.39 is 0 Å². The van der Waals surface area contributed by atoms with E-state index in [1.807, 2.05) is 39.8 Å². The molecule has 1 amide bonds. The highest BCUT2D eigenvalue weighted by Crippen LogP contribution is 2.13. The Labute approximate surface area is 110 Å². The fraction of sp³-hybridized carbons (Fsp3) is 0.533. The highest BCUT2D eigenvalue weighted by Gasteiger charge is 2.13. The average molecular weight is 248 g/mol. The molecule has 18 heavy (non-hydrogen) atoms. The molecule has 0 radical (unpaired) electrons. The van der Waals surface area contributed by atoms with Gasteiger partial charge in [0, 0.05) is 5.54 Å². The van der Waals surface area contributed by atoms with Crippen LogP contribution in [0.1, 0.15) is 44.9 Å². The number of amides is 1. The fourth-order valence-corrected chi connectivity index (χ4v) is 1.66. The van der Waals surface area contributed by atoms with Crippen molar-refractivity contribution in [1.82, 2.24) is 10.6 Å². The van der Waals surface area contributed by atoms with Gasteiger partial charge in [-0.1, -0.05) is 29.8 Å². The molecule has 2 N–H and O–H groups in total. The van der Waals surface area contributed by atoms with Crippen molar-refractivity contribution in [2.24, 2.45) is 0 Å². The van der Waals surface area contributed by atoms with Crippen molar-refractivity contribution in [2.75, 3.05) is 6.54 Å². The topological polar surface area (TPSA) is 41.1 Å². The first-order chi connectivity index (χ1) is 8.28. The van der Waals surface area contributed by atoms with Gasteiger partial charge in [-0.3, -0.25) is 4.79 Å². The summed E-state index contributed by atoms with van der Waals surface area (Å²) in [5.74, 6) is 0.0268. The minimum atomic E-state index is -0.0378. The van der Waals surface area contributed by atoms with Crippen LogP contribution in [0.5, 0.6) is 0 Å². The lowest BCUT2D eigenvalue weighted by Crippen LogP contribution is -2.43. The van der Waals surface area contributed by atoms with E-state index in [4.69, 9.17) is 0 Å². The molecule has 0 heterocycles. The number of carbonyl (C=O) groups is 1. The van der Waals surface area contributed by atoms with Gasteiger partial charge < -0.3 is 10.6 Å². The first kappa shape index (κ1) is 14.7. The third-order valence-electron chi connectivity index (χ3n) is 2.70. The van der Waals surface area contributed by atoms with Crippen molar-refractivity contribution in [3.63, 3.8) is 0 Å². The Hall–Kier alpha value is -1.35. The number of hydrogen-bond donors (Lipinski definition) is 2. The summed E-state index contributed by atoms with van der Waals surface area (Å²) in [6.45, 7) is 10.5.